The Balaban J connectivity index is 1.64. The normalized spacial score (nSPS) is 16.5. The second-order valence-electron chi connectivity index (χ2n) is 5.58. The summed E-state index contributed by atoms with van der Waals surface area (Å²) in [5, 5.41) is 12.9. The van der Waals surface area contributed by atoms with Crippen molar-refractivity contribution in [3.8, 4) is 5.75 Å². The van der Waals surface area contributed by atoms with Crippen LogP contribution in [0.5, 0.6) is 5.75 Å². The molecule has 1 aliphatic rings. The van der Waals surface area contributed by atoms with Crippen LogP contribution >= 0.6 is 22.6 Å². The van der Waals surface area contributed by atoms with Crippen molar-refractivity contribution >= 4 is 34.2 Å². The van der Waals surface area contributed by atoms with Gasteiger partial charge in [-0.05, 0) is 77.2 Å². The van der Waals surface area contributed by atoms with Crippen LogP contribution < -0.4 is 10.1 Å². The van der Waals surface area contributed by atoms with Crippen molar-refractivity contribution in [2.24, 2.45) is 0 Å². The van der Waals surface area contributed by atoms with E-state index < -0.39 is 6.10 Å². The van der Waals surface area contributed by atoms with E-state index in [0.29, 0.717) is 5.75 Å². The fourth-order valence-corrected chi connectivity index (χ4v) is 3.37. The van der Waals surface area contributed by atoms with E-state index in [4.69, 9.17) is 4.74 Å². The largest absolute Gasteiger partial charge is 0.483 e. The van der Waals surface area contributed by atoms with Gasteiger partial charge in [-0.25, -0.2) is 0 Å². The smallest absolute Gasteiger partial charge is 0.262 e. The first-order valence-electron chi connectivity index (χ1n) is 7.61. The summed E-state index contributed by atoms with van der Waals surface area (Å²) in [5.74, 6) is 0.500. The van der Waals surface area contributed by atoms with Crippen molar-refractivity contribution in [3.63, 3.8) is 0 Å². The first-order valence-corrected chi connectivity index (χ1v) is 8.69. The van der Waals surface area contributed by atoms with Gasteiger partial charge in [0.25, 0.3) is 5.91 Å². The molecule has 0 fully saturated rings. The van der Waals surface area contributed by atoms with Gasteiger partial charge in [0.05, 0.1) is 6.10 Å². The van der Waals surface area contributed by atoms with E-state index in [1.165, 1.54) is 0 Å². The van der Waals surface area contributed by atoms with E-state index in [1.807, 2.05) is 42.5 Å². The molecule has 1 unspecified atom stereocenters. The molecule has 0 aliphatic heterocycles. The highest BCUT2D eigenvalue weighted by atomic mass is 127. The molecule has 0 bridgehead atoms. The zero-order valence-corrected chi connectivity index (χ0v) is 14.7. The van der Waals surface area contributed by atoms with Gasteiger partial charge in [0, 0.05) is 9.26 Å². The molecule has 2 aromatic rings. The lowest BCUT2D eigenvalue weighted by atomic mass is 9.89. The van der Waals surface area contributed by atoms with Crippen LogP contribution in [0.1, 0.15) is 30.1 Å². The van der Waals surface area contributed by atoms with Gasteiger partial charge in [-0.3, -0.25) is 4.79 Å². The number of hydrogen-bond acceptors (Lipinski definition) is 3. The van der Waals surface area contributed by atoms with Crippen LogP contribution in [0.2, 0.25) is 0 Å². The average molecular weight is 423 g/mol. The summed E-state index contributed by atoms with van der Waals surface area (Å²) < 4.78 is 6.75. The van der Waals surface area contributed by atoms with Crippen molar-refractivity contribution in [1.82, 2.24) is 0 Å². The van der Waals surface area contributed by atoms with Crippen molar-refractivity contribution in [3.05, 3.63) is 57.2 Å². The predicted molar refractivity (Wildman–Crippen MR) is 97.6 cm³/mol. The Hall–Kier alpha value is -1.60. The number of carbonyl (C=O) groups is 1. The van der Waals surface area contributed by atoms with Crippen LogP contribution in [-0.2, 0) is 11.2 Å². The van der Waals surface area contributed by atoms with Gasteiger partial charge in [-0.1, -0.05) is 18.2 Å². The molecule has 0 radical (unpaired) electrons. The molecule has 0 heterocycles. The van der Waals surface area contributed by atoms with Gasteiger partial charge < -0.3 is 15.2 Å². The maximum Gasteiger partial charge on any atom is 0.262 e. The second-order valence-corrected chi connectivity index (χ2v) is 6.82. The number of aliphatic hydroxyl groups is 1. The number of nitrogens with one attached hydrogen (secondary N) is 1. The molecule has 5 heteroatoms. The number of ether oxygens (including phenoxy) is 1. The SMILES string of the molecule is O=C(COc1cccc2c1CCCC2O)Nc1cccc(I)c1. The highest BCUT2D eigenvalue weighted by Gasteiger charge is 2.21. The van der Waals surface area contributed by atoms with E-state index in [2.05, 4.69) is 27.9 Å². The van der Waals surface area contributed by atoms with Crippen LogP contribution in [0.25, 0.3) is 0 Å². The molecule has 1 atom stereocenters. The lowest BCUT2D eigenvalue weighted by Gasteiger charge is -2.23. The third kappa shape index (κ3) is 4.03. The summed E-state index contributed by atoms with van der Waals surface area (Å²) in [6.07, 6.45) is 2.16. The lowest BCUT2D eigenvalue weighted by molar-refractivity contribution is -0.118. The van der Waals surface area contributed by atoms with E-state index in [9.17, 15) is 9.90 Å². The predicted octanol–water partition coefficient (Wildman–Crippen LogP) is 3.68. The summed E-state index contributed by atoms with van der Waals surface area (Å²) in [5.41, 5.74) is 2.70. The highest BCUT2D eigenvalue weighted by molar-refractivity contribution is 14.1. The van der Waals surface area contributed by atoms with Crippen LogP contribution in [0.4, 0.5) is 5.69 Å². The highest BCUT2D eigenvalue weighted by Crippen LogP contribution is 2.35. The summed E-state index contributed by atoms with van der Waals surface area (Å²) in [7, 11) is 0. The minimum Gasteiger partial charge on any atom is -0.483 e. The van der Waals surface area contributed by atoms with E-state index >= 15 is 0 Å². The number of halogens is 1. The van der Waals surface area contributed by atoms with Crippen LogP contribution in [0.15, 0.2) is 42.5 Å². The topological polar surface area (TPSA) is 58.6 Å². The summed E-state index contributed by atoms with van der Waals surface area (Å²) in [6.45, 7) is -0.0436. The molecule has 1 aliphatic carbocycles. The molecule has 2 N–H and O–H groups in total. The number of rotatable bonds is 4. The molecule has 1 amide bonds. The maximum atomic E-state index is 12.0. The number of carbonyl (C=O) groups excluding carboxylic acids is 1. The van der Waals surface area contributed by atoms with Crippen molar-refractivity contribution in [2.75, 3.05) is 11.9 Å². The number of amides is 1. The van der Waals surface area contributed by atoms with Gasteiger partial charge in [0.1, 0.15) is 5.75 Å². The molecule has 23 heavy (non-hydrogen) atoms. The Morgan fingerprint density at radius 1 is 1.30 bits per heavy atom. The number of fused-ring (bicyclic) bond motifs is 1. The Bertz CT molecular complexity index is 717. The minimum absolute atomic E-state index is 0.0436. The fraction of sp³-hybridized carbons (Fsp3) is 0.278. The minimum atomic E-state index is -0.428. The number of benzene rings is 2. The molecule has 120 valence electrons. The molecule has 4 nitrogen and oxygen atoms in total. The van der Waals surface area contributed by atoms with Crippen molar-refractivity contribution in [2.45, 2.75) is 25.4 Å². The number of hydrogen-bond donors (Lipinski definition) is 2. The maximum absolute atomic E-state index is 12.0. The molecule has 3 rings (SSSR count). The number of aliphatic hydroxyl groups excluding tert-OH is 1. The van der Waals surface area contributed by atoms with Gasteiger partial charge in [0.2, 0.25) is 0 Å². The van der Waals surface area contributed by atoms with Gasteiger partial charge in [-0.2, -0.15) is 0 Å². The molecule has 0 saturated carbocycles. The molecule has 2 aromatic carbocycles. The van der Waals surface area contributed by atoms with Crippen LogP contribution in [-0.4, -0.2) is 17.6 Å². The monoisotopic (exact) mass is 423 g/mol. The molecular formula is C18H18INO3. The van der Waals surface area contributed by atoms with E-state index in [-0.39, 0.29) is 12.5 Å². The third-order valence-corrected chi connectivity index (χ3v) is 4.57. The Morgan fingerprint density at radius 2 is 2.13 bits per heavy atom. The van der Waals surface area contributed by atoms with Gasteiger partial charge >= 0.3 is 0 Å². The van der Waals surface area contributed by atoms with E-state index in [0.717, 1.165) is 39.6 Å². The standard InChI is InChI=1S/C18H18INO3/c19-12-4-1-5-13(10-12)20-18(22)11-23-17-9-3-6-14-15(17)7-2-8-16(14)21/h1,3-6,9-10,16,21H,2,7-8,11H2,(H,20,22). The first kappa shape index (κ1) is 16.3. The fourth-order valence-electron chi connectivity index (χ4n) is 2.83. The van der Waals surface area contributed by atoms with E-state index in [1.54, 1.807) is 0 Å². The second kappa shape index (κ2) is 7.31. The Kier molecular flexibility index (Phi) is 5.17. The van der Waals surface area contributed by atoms with Crippen molar-refractivity contribution in [1.29, 1.82) is 0 Å². The molecular weight excluding hydrogens is 405 g/mol. The first-order chi connectivity index (χ1) is 11.1. The van der Waals surface area contributed by atoms with Crippen molar-refractivity contribution < 1.29 is 14.6 Å². The summed E-state index contributed by atoms with van der Waals surface area (Å²) in [6, 6.07) is 13.3. The molecule has 0 saturated heterocycles. The summed E-state index contributed by atoms with van der Waals surface area (Å²) >= 11 is 2.20. The third-order valence-electron chi connectivity index (χ3n) is 3.90. The van der Waals surface area contributed by atoms with Gasteiger partial charge in [0.15, 0.2) is 6.61 Å². The molecule has 0 spiro atoms. The van der Waals surface area contributed by atoms with Gasteiger partial charge in [-0.15, -0.1) is 0 Å². The zero-order chi connectivity index (χ0) is 16.2. The Labute approximate surface area is 149 Å². The summed E-state index contributed by atoms with van der Waals surface area (Å²) in [4.78, 5) is 12.0. The Morgan fingerprint density at radius 3 is 2.96 bits per heavy atom. The molecule has 0 aromatic heterocycles. The average Bonchev–Trinajstić information content (AvgIpc) is 2.53. The lowest BCUT2D eigenvalue weighted by Crippen LogP contribution is -2.21. The quantitative estimate of drug-likeness (QED) is 0.738. The number of anilines is 1. The van der Waals surface area contributed by atoms with Crippen LogP contribution in [0.3, 0.4) is 0 Å². The zero-order valence-electron chi connectivity index (χ0n) is 12.6. The van der Waals surface area contributed by atoms with Crippen LogP contribution in [0, 0.1) is 3.57 Å².